The lowest BCUT2D eigenvalue weighted by atomic mass is 10.1. The zero-order valence-corrected chi connectivity index (χ0v) is 13.5. The van der Waals surface area contributed by atoms with E-state index in [9.17, 15) is 0 Å². The van der Waals surface area contributed by atoms with Gasteiger partial charge in [-0.2, -0.15) is 0 Å². The van der Waals surface area contributed by atoms with E-state index in [2.05, 4.69) is 55.3 Å². The van der Waals surface area contributed by atoms with Gasteiger partial charge in [0.2, 0.25) is 0 Å². The molecule has 0 radical (unpaired) electrons. The van der Waals surface area contributed by atoms with Gasteiger partial charge in [0.05, 0.1) is 0 Å². The average molecular weight is 278 g/mol. The maximum absolute atomic E-state index is 5.12. The minimum Gasteiger partial charge on any atom is -0.385 e. The Bertz CT molecular complexity index is 364. The average Bonchev–Trinajstić information content (AvgIpc) is 2.49. The predicted octanol–water partition coefficient (Wildman–Crippen LogP) is 3.04. The highest BCUT2D eigenvalue weighted by molar-refractivity contribution is 5.27. The lowest BCUT2D eigenvalue weighted by Gasteiger charge is -2.21. The molecule has 0 spiro atoms. The first-order valence-corrected chi connectivity index (χ1v) is 7.72. The number of methoxy groups -OCH3 is 1. The first-order valence-electron chi connectivity index (χ1n) is 7.72. The van der Waals surface area contributed by atoms with Crippen molar-refractivity contribution in [3.8, 4) is 0 Å². The molecule has 0 aliphatic carbocycles. The standard InChI is InChI=1S/C17H30N2O/c1-5-19(6-2)14-17-10-8-7-9-16(17)13-18-15(3)11-12-20-4/h7-10,15,18H,5-6,11-14H2,1-4H3. The van der Waals surface area contributed by atoms with E-state index < -0.39 is 0 Å². The summed E-state index contributed by atoms with van der Waals surface area (Å²) in [5.41, 5.74) is 2.84. The monoisotopic (exact) mass is 278 g/mol. The van der Waals surface area contributed by atoms with Crippen LogP contribution in [0.3, 0.4) is 0 Å². The van der Waals surface area contributed by atoms with Crippen LogP contribution < -0.4 is 5.32 Å². The van der Waals surface area contributed by atoms with Crippen molar-refractivity contribution < 1.29 is 4.74 Å². The molecule has 1 rings (SSSR count). The van der Waals surface area contributed by atoms with Crippen molar-refractivity contribution in [3.05, 3.63) is 35.4 Å². The van der Waals surface area contributed by atoms with E-state index in [1.807, 2.05) is 0 Å². The summed E-state index contributed by atoms with van der Waals surface area (Å²) in [6, 6.07) is 9.22. The van der Waals surface area contributed by atoms with E-state index in [-0.39, 0.29) is 0 Å². The van der Waals surface area contributed by atoms with Gasteiger partial charge in [-0.1, -0.05) is 38.1 Å². The van der Waals surface area contributed by atoms with E-state index in [1.54, 1.807) is 7.11 Å². The van der Waals surface area contributed by atoms with Gasteiger partial charge in [-0.15, -0.1) is 0 Å². The van der Waals surface area contributed by atoms with Crippen LogP contribution in [0.5, 0.6) is 0 Å². The fourth-order valence-electron chi connectivity index (χ4n) is 2.25. The highest BCUT2D eigenvalue weighted by Gasteiger charge is 2.07. The van der Waals surface area contributed by atoms with Crippen LogP contribution in [0.15, 0.2) is 24.3 Å². The summed E-state index contributed by atoms with van der Waals surface area (Å²) in [5, 5.41) is 3.58. The highest BCUT2D eigenvalue weighted by Crippen LogP contribution is 2.12. The number of nitrogens with one attached hydrogen (secondary N) is 1. The van der Waals surface area contributed by atoms with Crippen molar-refractivity contribution in [3.63, 3.8) is 0 Å². The van der Waals surface area contributed by atoms with Crippen LogP contribution in [-0.2, 0) is 17.8 Å². The molecule has 0 amide bonds. The molecule has 1 N–H and O–H groups in total. The van der Waals surface area contributed by atoms with E-state index >= 15 is 0 Å². The Labute approximate surface area is 124 Å². The largest absolute Gasteiger partial charge is 0.385 e. The Morgan fingerprint density at radius 3 is 2.40 bits per heavy atom. The fourth-order valence-corrected chi connectivity index (χ4v) is 2.25. The van der Waals surface area contributed by atoms with Crippen molar-refractivity contribution in [2.75, 3.05) is 26.8 Å². The van der Waals surface area contributed by atoms with Crippen LogP contribution in [0.1, 0.15) is 38.3 Å². The van der Waals surface area contributed by atoms with Gasteiger partial charge in [-0.05, 0) is 37.6 Å². The Balaban J connectivity index is 2.56. The molecule has 1 unspecified atom stereocenters. The second kappa shape index (κ2) is 9.92. The summed E-state index contributed by atoms with van der Waals surface area (Å²) in [6.07, 6.45) is 1.05. The molecule has 0 aromatic heterocycles. The van der Waals surface area contributed by atoms with Gasteiger partial charge in [0.25, 0.3) is 0 Å². The van der Waals surface area contributed by atoms with Crippen molar-refractivity contribution in [1.82, 2.24) is 10.2 Å². The molecule has 3 nitrogen and oxygen atoms in total. The lowest BCUT2D eigenvalue weighted by molar-refractivity contribution is 0.184. The molecule has 0 saturated carbocycles. The third-order valence-electron chi connectivity index (χ3n) is 3.80. The second-order valence-corrected chi connectivity index (χ2v) is 5.29. The first-order chi connectivity index (χ1) is 9.71. The summed E-state index contributed by atoms with van der Waals surface area (Å²) in [6.45, 7) is 11.6. The molecule has 0 aliphatic rings. The molecule has 0 heterocycles. The minimum absolute atomic E-state index is 0.483. The summed E-state index contributed by atoms with van der Waals surface area (Å²) >= 11 is 0. The summed E-state index contributed by atoms with van der Waals surface area (Å²) < 4.78 is 5.12. The number of hydrogen-bond donors (Lipinski definition) is 1. The number of nitrogens with zero attached hydrogens (tertiary/aromatic N) is 1. The van der Waals surface area contributed by atoms with E-state index in [0.29, 0.717) is 6.04 Å². The zero-order valence-electron chi connectivity index (χ0n) is 13.5. The quantitative estimate of drug-likeness (QED) is 0.712. The Hall–Kier alpha value is -0.900. The van der Waals surface area contributed by atoms with Crippen LogP contribution in [0, 0.1) is 0 Å². The number of ether oxygens (including phenoxy) is 1. The second-order valence-electron chi connectivity index (χ2n) is 5.29. The molecule has 3 heteroatoms. The molecule has 0 aliphatic heterocycles. The molecular weight excluding hydrogens is 248 g/mol. The summed E-state index contributed by atoms with van der Waals surface area (Å²) in [4.78, 5) is 2.45. The third kappa shape index (κ3) is 6.04. The molecule has 0 fully saturated rings. The molecular formula is C17H30N2O. The molecule has 1 aromatic rings. The number of rotatable bonds is 10. The van der Waals surface area contributed by atoms with Crippen molar-refractivity contribution in [2.24, 2.45) is 0 Å². The van der Waals surface area contributed by atoms with Crippen LogP contribution in [0.2, 0.25) is 0 Å². The normalized spacial score (nSPS) is 12.8. The van der Waals surface area contributed by atoms with Crippen molar-refractivity contribution in [1.29, 1.82) is 0 Å². The molecule has 114 valence electrons. The van der Waals surface area contributed by atoms with Gasteiger partial charge in [0.15, 0.2) is 0 Å². The SMILES string of the molecule is CCN(CC)Cc1ccccc1CNC(C)CCOC. The Kier molecular flexibility index (Phi) is 8.51. The lowest BCUT2D eigenvalue weighted by Crippen LogP contribution is -2.28. The van der Waals surface area contributed by atoms with Gasteiger partial charge in [-0.3, -0.25) is 4.90 Å². The minimum atomic E-state index is 0.483. The Morgan fingerprint density at radius 1 is 1.15 bits per heavy atom. The maximum atomic E-state index is 5.12. The molecule has 1 aromatic carbocycles. The zero-order chi connectivity index (χ0) is 14.8. The van der Waals surface area contributed by atoms with Crippen molar-refractivity contribution in [2.45, 2.75) is 46.3 Å². The van der Waals surface area contributed by atoms with Gasteiger partial charge in [0, 0.05) is 32.8 Å². The van der Waals surface area contributed by atoms with Crippen LogP contribution >= 0.6 is 0 Å². The van der Waals surface area contributed by atoms with E-state index in [1.165, 1.54) is 11.1 Å². The van der Waals surface area contributed by atoms with Gasteiger partial charge in [0.1, 0.15) is 0 Å². The fraction of sp³-hybridized carbons (Fsp3) is 0.647. The number of benzene rings is 1. The van der Waals surface area contributed by atoms with Crippen LogP contribution in [0.25, 0.3) is 0 Å². The maximum Gasteiger partial charge on any atom is 0.0476 e. The number of hydrogen-bond acceptors (Lipinski definition) is 3. The molecule has 20 heavy (non-hydrogen) atoms. The van der Waals surface area contributed by atoms with E-state index in [4.69, 9.17) is 4.74 Å². The van der Waals surface area contributed by atoms with E-state index in [0.717, 1.165) is 39.2 Å². The van der Waals surface area contributed by atoms with Crippen molar-refractivity contribution >= 4 is 0 Å². The Morgan fingerprint density at radius 2 is 1.80 bits per heavy atom. The van der Waals surface area contributed by atoms with Gasteiger partial charge in [-0.25, -0.2) is 0 Å². The van der Waals surface area contributed by atoms with Gasteiger partial charge >= 0.3 is 0 Å². The first kappa shape index (κ1) is 17.2. The predicted molar refractivity (Wildman–Crippen MR) is 85.9 cm³/mol. The summed E-state index contributed by atoms with van der Waals surface area (Å²) in [7, 11) is 1.76. The molecule has 0 bridgehead atoms. The smallest absolute Gasteiger partial charge is 0.0476 e. The summed E-state index contributed by atoms with van der Waals surface area (Å²) in [5.74, 6) is 0. The highest BCUT2D eigenvalue weighted by atomic mass is 16.5. The molecule has 1 atom stereocenters. The molecule has 0 saturated heterocycles. The topological polar surface area (TPSA) is 24.5 Å². The van der Waals surface area contributed by atoms with Crippen LogP contribution in [0.4, 0.5) is 0 Å². The van der Waals surface area contributed by atoms with Gasteiger partial charge < -0.3 is 10.1 Å². The van der Waals surface area contributed by atoms with Crippen LogP contribution in [-0.4, -0.2) is 37.7 Å². The third-order valence-corrected chi connectivity index (χ3v) is 3.80.